The van der Waals surface area contributed by atoms with Crippen LogP contribution in [0, 0.1) is 0 Å². The molecule has 5 aromatic carbocycles. The van der Waals surface area contributed by atoms with Crippen molar-refractivity contribution in [3.63, 3.8) is 0 Å². The molecule has 33 heavy (non-hydrogen) atoms. The second-order valence-electron chi connectivity index (χ2n) is 7.78. The monoisotopic (exact) mass is 553 g/mol. The minimum Gasteiger partial charge on any atom is -0.311 e. The van der Waals surface area contributed by atoms with Crippen molar-refractivity contribution in [2.75, 3.05) is 4.90 Å². The van der Waals surface area contributed by atoms with Crippen molar-refractivity contribution in [3.05, 3.63) is 136 Å². The van der Waals surface area contributed by atoms with Gasteiger partial charge in [-0.25, -0.2) is 0 Å². The van der Waals surface area contributed by atoms with E-state index in [1.165, 1.54) is 22.3 Å². The largest absolute Gasteiger partial charge is 0.311 e. The fourth-order valence-corrected chi connectivity index (χ4v) is 4.44. The first-order chi connectivity index (χ1) is 16.2. The Kier molecular flexibility index (Phi) is 6.43. The minimum atomic E-state index is 1.07. The zero-order valence-corrected chi connectivity index (χ0v) is 21.0. The molecule has 5 rings (SSSR count). The van der Waals surface area contributed by atoms with Gasteiger partial charge in [0.2, 0.25) is 0 Å². The van der Waals surface area contributed by atoms with Crippen molar-refractivity contribution in [1.82, 2.24) is 0 Å². The average Bonchev–Trinajstić information content (AvgIpc) is 2.88. The van der Waals surface area contributed by atoms with Gasteiger partial charge in [-0.05, 0) is 82.9 Å². The average molecular weight is 555 g/mol. The van der Waals surface area contributed by atoms with Crippen LogP contribution in [-0.2, 0) is 0 Å². The maximum absolute atomic E-state index is 3.55. The SMILES string of the molecule is Brc1ccc(N(c2ccc(Br)cc2)c2ccc(-c3ccc(-c4ccccc4)cc3)cc2)cc1. The fourth-order valence-electron chi connectivity index (χ4n) is 3.92. The number of hydrogen-bond donors (Lipinski definition) is 0. The van der Waals surface area contributed by atoms with Gasteiger partial charge in [-0.15, -0.1) is 0 Å². The third-order valence-electron chi connectivity index (χ3n) is 5.62. The molecule has 0 radical (unpaired) electrons. The molecule has 0 aliphatic rings. The van der Waals surface area contributed by atoms with Crippen LogP contribution in [0.15, 0.2) is 136 Å². The second-order valence-corrected chi connectivity index (χ2v) is 9.61. The number of halogens is 2. The minimum absolute atomic E-state index is 1.07. The summed E-state index contributed by atoms with van der Waals surface area (Å²) in [6, 6.07) is 44.8. The van der Waals surface area contributed by atoms with Gasteiger partial charge in [0.25, 0.3) is 0 Å². The van der Waals surface area contributed by atoms with E-state index in [9.17, 15) is 0 Å². The molecule has 0 atom stereocenters. The first-order valence-electron chi connectivity index (χ1n) is 10.7. The van der Waals surface area contributed by atoms with Crippen LogP contribution in [0.1, 0.15) is 0 Å². The molecule has 0 saturated heterocycles. The number of anilines is 3. The molecule has 5 aromatic rings. The Balaban J connectivity index is 1.47. The van der Waals surface area contributed by atoms with E-state index in [2.05, 4.69) is 158 Å². The molecule has 3 heteroatoms. The van der Waals surface area contributed by atoms with Gasteiger partial charge in [-0.2, -0.15) is 0 Å². The quantitative estimate of drug-likeness (QED) is 0.209. The Bertz CT molecular complexity index is 1280. The summed E-state index contributed by atoms with van der Waals surface area (Å²) in [5.41, 5.74) is 8.21. The van der Waals surface area contributed by atoms with Gasteiger partial charge in [0.1, 0.15) is 0 Å². The summed E-state index contributed by atoms with van der Waals surface area (Å²) in [6.45, 7) is 0. The summed E-state index contributed by atoms with van der Waals surface area (Å²) in [7, 11) is 0. The molecule has 0 heterocycles. The second kappa shape index (κ2) is 9.78. The van der Waals surface area contributed by atoms with Gasteiger partial charge in [-0.3, -0.25) is 0 Å². The highest BCUT2D eigenvalue weighted by atomic mass is 79.9. The van der Waals surface area contributed by atoms with Gasteiger partial charge < -0.3 is 4.90 Å². The van der Waals surface area contributed by atoms with Gasteiger partial charge >= 0.3 is 0 Å². The van der Waals surface area contributed by atoms with Crippen molar-refractivity contribution in [3.8, 4) is 22.3 Å². The maximum atomic E-state index is 3.55. The standard InChI is InChI=1S/C30H21Br2N/c31-26-12-18-29(19-13-26)33(30-20-14-27(32)15-21-30)28-16-10-25(11-17-28)24-8-6-23(7-9-24)22-4-2-1-3-5-22/h1-21H. The van der Waals surface area contributed by atoms with Crippen molar-refractivity contribution < 1.29 is 0 Å². The Hall–Kier alpha value is -3.14. The van der Waals surface area contributed by atoms with Crippen molar-refractivity contribution >= 4 is 48.9 Å². The third kappa shape index (κ3) is 4.95. The number of rotatable bonds is 5. The van der Waals surface area contributed by atoms with Crippen LogP contribution < -0.4 is 4.90 Å². The highest BCUT2D eigenvalue weighted by Crippen LogP contribution is 2.36. The van der Waals surface area contributed by atoms with E-state index in [0.717, 1.165) is 26.0 Å². The van der Waals surface area contributed by atoms with Gasteiger partial charge in [-0.1, -0.05) is 98.6 Å². The third-order valence-corrected chi connectivity index (χ3v) is 6.68. The molecule has 160 valence electrons. The molecule has 0 aliphatic carbocycles. The highest BCUT2D eigenvalue weighted by Gasteiger charge is 2.12. The molecule has 0 amide bonds. The van der Waals surface area contributed by atoms with Crippen LogP contribution in [0.3, 0.4) is 0 Å². The fraction of sp³-hybridized carbons (Fsp3) is 0. The number of benzene rings is 5. The van der Waals surface area contributed by atoms with Crippen LogP contribution in [-0.4, -0.2) is 0 Å². The Labute approximate surface area is 211 Å². The van der Waals surface area contributed by atoms with E-state index >= 15 is 0 Å². The molecule has 0 spiro atoms. The topological polar surface area (TPSA) is 3.24 Å². The van der Waals surface area contributed by atoms with Crippen LogP contribution in [0.25, 0.3) is 22.3 Å². The van der Waals surface area contributed by atoms with Gasteiger partial charge in [0.15, 0.2) is 0 Å². The molecule has 0 bridgehead atoms. The normalized spacial score (nSPS) is 10.7. The van der Waals surface area contributed by atoms with Gasteiger partial charge in [0.05, 0.1) is 0 Å². The summed E-state index contributed by atoms with van der Waals surface area (Å²) < 4.78 is 2.13. The lowest BCUT2D eigenvalue weighted by molar-refractivity contribution is 1.28. The van der Waals surface area contributed by atoms with E-state index in [0.29, 0.717) is 0 Å². The first-order valence-corrected chi connectivity index (χ1v) is 12.3. The highest BCUT2D eigenvalue weighted by molar-refractivity contribution is 9.10. The van der Waals surface area contributed by atoms with Crippen molar-refractivity contribution in [1.29, 1.82) is 0 Å². The Morgan fingerprint density at radius 3 is 1.03 bits per heavy atom. The summed E-state index contributed by atoms with van der Waals surface area (Å²) in [6.07, 6.45) is 0. The Morgan fingerprint density at radius 2 is 0.636 bits per heavy atom. The number of nitrogens with zero attached hydrogens (tertiary/aromatic N) is 1. The van der Waals surface area contributed by atoms with Gasteiger partial charge in [0, 0.05) is 26.0 Å². The molecule has 0 unspecified atom stereocenters. The summed E-state index contributed by atoms with van der Waals surface area (Å²) in [5.74, 6) is 0. The lowest BCUT2D eigenvalue weighted by Gasteiger charge is -2.25. The van der Waals surface area contributed by atoms with Crippen LogP contribution >= 0.6 is 31.9 Å². The van der Waals surface area contributed by atoms with E-state index in [4.69, 9.17) is 0 Å². The molecular formula is C30H21Br2N. The molecule has 0 aliphatic heterocycles. The zero-order valence-electron chi connectivity index (χ0n) is 17.8. The lowest BCUT2D eigenvalue weighted by atomic mass is 10.00. The zero-order chi connectivity index (χ0) is 22.6. The van der Waals surface area contributed by atoms with E-state index in [-0.39, 0.29) is 0 Å². The van der Waals surface area contributed by atoms with Crippen LogP contribution in [0.2, 0.25) is 0 Å². The lowest BCUT2D eigenvalue weighted by Crippen LogP contribution is -2.09. The van der Waals surface area contributed by atoms with Crippen molar-refractivity contribution in [2.45, 2.75) is 0 Å². The molecule has 0 N–H and O–H groups in total. The number of hydrogen-bond acceptors (Lipinski definition) is 1. The molecule has 1 nitrogen and oxygen atoms in total. The molecular weight excluding hydrogens is 534 g/mol. The Morgan fingerprint density at radius 1 is 0.333 bits per heavy atom. The molecule has 0 fully saturated rings. The predicted octanol–water partition coefficient (Wildman–Crippen LogP) is 10.0. The van der Waals surface area contributed by atoms with E-state index in [1.807, 2.05) is 6.07 Å². The molecule has 0 saturated carbocycles. The molecule has 0 aromatic heterocycles. The summed E-state index contributed by atoms with van der Waals surface area (Å²) >= 11 is 7.09. The summed E-state index contributed by atoms with van der Waals surface area (Å²) in [4.78, 5) is 2.27. The van der Waals surface area contributed by atoms with Crippen molar-refractivity contribution in [2.24, 2.45) is 0 Å². The van der Waals surface area contributed by atoms with Crippen LogP contribution in [0.5, 0.6) is 0 Å². The van der Waals surface area contributed by atoms with E-state index < -0.39 is 0 Å². The van der Waals surface area contributed by atoms with Crippen LogP contribution in [0.4, 0.5) is 17.1 Å². The predicted molar refractivity (Wildman–Crippen MR) is 147 cm³/mol. The smallest absolute Gasteiger partial charge is 0.0462 e. The van der Waals surface area contributed by atoms with E-state index in [1.54, 1.807) is 0 Å². The first kappa shape index (κ1) is 21.7. The maximum Gasteiger partial charge on any atom is 0.0462 e. The summed E-state index contributed by atoms with van der Waals surface area (Å²) in [5, 5.41) is 0.